The van der Waals surface area contributed by atoms with Crippen LogP contribution in [0.4, 0.5) is 5.82 Å². The first-order valence-electron chi connectivity index (χ1n) is 18.9. The number of carbonyl (C=O) groups excluding carboxylic acids is 2. The highest BCUT2D eigenvalue weighted by Gasteiger charge is 2.60. The molecule has 0 atom stereocenters. The zero-order valence-electron chi connectivity index (χ0n) is 31.5. The quantitative estimate of drug-likeness (QED) is 0.0791. The summed E-state index contributed by atoms with van der Waals surface area (Å²) < 4.78 is 3.36. The van der Waals surface area contributed by atoms with E-state index < -0.39 is 0 Å². The van der Waals surface area contributed by atoms with Crippen LogP contribution in [0.15, 0.2) is 34.1 Å². The summed E-state index contributed by atoms with van der Waals surface area (Å²) in [6.07, 6.45) is 16.0. The summed E-state index contributed by atoms with van der Waals surface area (Å²) >= 11 is 5.83. The maximum absolute atomic E-state index is 12.9. The third kappa shape index (κ3) is 8.87. The third-order valence-electron chi connectivity index (χ3n) is 10.9. The first-order chi connectivity index (χ1) is 25.5. The first kappa shape index (κ1) is 41.0. The Bertz CT molecular complexity index is 2120. The Kier molecular flexibility index (Phi) is 13.0. The highest BCUT2D eigenvalue weighted by molar-refractivity contribution is 6.29. The van der Waals surface area contributed by atoms with E-state index in [1.807, 2.05) is 26.0 Å². The van der Waals surface area contributed by atoms with E-state index in [1.54, 1.807) is 21.5 Å². The van der Waals surface area contributed by atoms with Crippen molar-refractivity contribution >= 4 is 64.0 Å². The number of aromatic nitrogens is 6. The van der Waals surface area contributed by atoms with Gasteiger partial charge in [-0.05, 0) is 113 Å². The van der Waals surface area contributed by atoms with Crippen LogP contribution in [0.3, 0.4) is 0 Å². The molecule has 0 aromatic carbocycles. The van der Waals surface area contributed by atoms with Crippen LogP contribution in [-0.4, -0.2) is 40.9 Å². The summed E-state index contributed by atoms with van der Waals surface area (Å²) in [4.78, 5) is 65.4. The number of aryl methyl sites for hydroxylation is 4. The third-order valence-corrected chi connectivity index (χ3v) is 11.2. The number of amides is 2. The number of halogens is 2. The smallest absolute Gasteiger partial charge is 0.295 e. The van der Waals surface area contributed by atoms with Gasteiger partial charge in [0.05, 0.1) is 21.9 Å². The number of nitrogens with zero attached hydrogens (tertiary/aromatic N) is 6. The van der Waals surface area contributed by atoms with E-state index in [0.29, 0.717) is 36.2 Å². The van der Waals surface area contributed by atoms with Crippen molar-refractivity contribution in [3.8, 4) is 0 Å². The van der Waals surface area contributed by atoms with Crippen LogP contribution >= 0.6 is 24.0 Å². The zero-order valence-corrected chi connectivity index (χ0v) is 33.1. The number of carbonyl (C=O) groups is 2. The number of pyridine rings is 2. The predicted octanol–water partition coefficient (Wildman–Crippen LogP) is 5.68. The standard InChI is InChI=1S/C19H25N5O2.C12H14ClN3O.C7H12N2O.ClH/c1-3-4-9-24-14-10-12(2)11-20-15(14)21-16(17(24)25)22-23-18(26)19(7-8-19)13-5-6-13;1-3-4-5-16-9-6-8(2)7-14-11(9)15-10(13)12(16)17;8-9-6(10)7(3-4-7)5-1-2-5;/h10-11,13H,3-9H2,1-2H3,(H,23,26)(H,20,21,22);6-7H,3-5H2,1-2H3;5H,1-4,8H2,(H,9,10);1H. The number of unbranched alkanes of at least 4 members (excludes halogenated alkanes) is 2. The van der Waals surface area contributed by atoms with Crippen molar-refractivity contribution in [3.63, 3.8) is 0 Å². The Balaban J connectivity index is 0.000000171. The van der Waals surface area contributed by atoms with Crippen LogP contribution in [0.2, 0.25) is 5.15 Å². The van der Waals surface area contributed by atoms with E-state index in [0.717, 1.165) is 86.4 Å². The normalized spacial score (nSPS) is 17.2. The monoisotopic (exact) mass is 782 g/mol. The fourth-order valence-electron chi connectivity index (χ4n) is 7.14. The molecule has 0 spiro atoms. The lowest BCUT2D eigenvalue weighted by Crippen LogP contribution is -2.40. The van der Waals surface area contributed by atoms with Gasteiger partial charge in [-0.3, -0.25) is 35.5 Å². The van der Waals surface area contributed by atoms with E-state index in [2.05, 4.69) is 50.1 Å². The summed E-state index contributed by atoms with van der Waals surface area (Å²) in [5, 5.41) is -0.00930. The molecule has 16 heteroatoms. The summed E-state index contributed by atoms with van der Waals surface area (Å²) in [5.74, 6) is 6.42. The molecule has 4 saturated carbocycles. The maximum atomic E-state index is 12.9. The molecule has 4 aliphatic rings. The minimum absolute atomic E-state index is 0. The van der Waals surface area contributed by atoms with Gasteiger partial charge in [0.15, 0.2) is 16.4 Å². The number of nitrogens with two attached hydrogens (primary N) is 1. The number of anilines is 1. The molecule has 4 aromatic rings. The molecule has 5 N–H and O–H groups in total. The van der Waals surface area contributed by atoms with Crippen molar-refractivity contribution < 1.29 is 9.59 Å². The lowest BCUT2D eigenvalue weighted by atomic mass is 10.0. The first-order valence-corrected chi connectivity index (χ1v) is 19.3. The van der Waals surface area contributed by atoms with Crippen LogP contribution < -0.4 is 33.2 Å². The topological polar surface area (TPSA) is 192 Å². The van der Waals surface area contributed by atoms with Crippen molar-refractivity contribution in [3.05, 3.63) is 61.5 Å². The molecule has 0 bridgehead atoms. The molecule has 4 aliphatic carbocycles. The highest BCUT2D eigenvalue weighted by atomic mass is 35.5. The molecule has 4 aromatic heterocycles. The Hall–Kier alpha value is -4.14. The van der Waals surface area contributed by atoms with Gasteiger partial charge in [0.1, 0.15) is 0 Å². The summed E-state index contributed by atoms with van der Waals surface area (Å²) in [6.45, 7) is 9.31. The summed E-state index contributed by atoms with van der Waals surface area (Å²) in [7, 11) is 0. The predicted molar refractivity (Wildman–Crippen MR) is 212 cm³/mol. The number of hydrogen-bond acceptors (Lipinski definition) is 10. The second-order valence-corrected chi connectivity index (χ2v) is 15.5. The van der Waals surface area contributed by atoms with E-state index in [9.17, 15) is 19.2 Å². The van der Waals surface area contributed by atoms with Gasteiger partial charge < -0.3 is 9.13 Å². The molecule has 0 radical (unpaired) electrons. The van der Waals surface area contributed by atoms with E-state index >= 15 is 0 Å². The van der Waals surface area contributed by atoms with Crippen LogP contribution in [0.5, 0.6) is 0 Å². The average molecular weight is 784 g/mol. The molecule has 0 saturated heterocycles. The van der Waals surface area contributed by atoms with Gasteiger partial charge in [0, 0.05) is 25.5 Å². The van der Waals surface area contributed by atoms with Gasteiger partial charge in [-0.15, -0.1) is 12.4 Å². The van der Waals surface area contributed by atoms with Crippen LogP contribution in [0.1, 0.15) is 102 Å². The number of hydrogen-bond donors (Lipinski definition) is 4. The van der Waals surface area contributed by atoms with Crippen molar-refractivity contribution in [2.45, 2.75) is 118 Å². The Morgan fingerprint density at radius 3 is 1.70 bits per heavy atom. The molecule has 0 unspecified atom stereocenters. The number of nitrogens with one attached hydrogen (secondary N) is 3. The van der Waals surface area contributed by atoms with Crippen molar-refractivity contribution in [2.24, 2.45) is 28.5 Å². The molecular formula is C38H52Cl2N10O4. The van der Waals surface area contributed by atoms with E-state index in [-0.39, 0.29) is 57.1 Å². The number of hydrazine groups is 2. The van der Waals surface area contributed by atoms with Gasteiger partial charge in [-0.1, -0.05) is 38.3 Å². The highest BCUT2D eigenvalue weighted by Crippen LogP contribution is 2.62. The average Bonchev–Trinajstić information content (AvgIpc) is 3.95. The summed E-state index contributed by atoms with van der Waals surface area (Å²) in [5.41, 5.74) is 11.6. The minimum atomic E-state index is -0.236. The molecule has 292 valence electrons. The van der Waals surface area contributed by atoms with Gasteiger partial charge in [-0.25, -0.2) is 25.8 Å². The second-order valence-electron chi connectivity index (χ2n) is 15.1. The van der Waals surface area contributed by atoms with Crippen LogP contribution in [0.25, 0.3) is 22.3 Å². The Morgan fingerprint density at radius 2 is 1.26 bits per heavy atom. The van der Waals surface area contributed by atoms with Crippen molar-refractivity contribution in [1.29, 1.82) is 0 Å². The molecular weight excluding hydrogens is 731 g/mol. The van der Waals surface area contributed by atoms with Crippen molar-refractivity contribution in [1.82, 2.24) is 39.9 Å². The van der Waals surface area contributed by atoms with Gasteiger partial charge in [-0.2, -0.15) is 0 Å². The fourth-order valence-corrected chi connectivity index (χ4v) is 7.32. The zero-order chi connectivity index (χ0) is 37.9. The number of rotatable bonds is 12. The van der Waals surface area contributed by atoms with Crippen LogP contribution in [0, 0.1) is 36.5 Å². The molecule has 14 nitrogen and oxygen atoms in total. The number of fused-ring (bicyclic) bond motifs is 2. The molecule has 2 amide bonds. The SMILES string of the molecule is CCCCn1c(=O)c(Cl)nc2ncc(C)cc21.CCCCn1c(=O)c(NNC(=O)C2(C3CC3)CC2)nc2ncc(C)cc21.Cl.NNC(=O)C1(C2CC2)CC1. The van der Waals surface area contributed by atoms with Crippen LogP contribution in [-0.2, 0) is 22.7 Å². The van der Waals surface area contributed by atoms with Gasteiger partial charge in [0.2, 0.25) is 17.6 Å². The molecule has 4 fully saturated rings. The largest absolute Gasteiger partial charge is 0.303 e. The molecule has 54 heavy (non-hydrogen) atoms. The van der Waals surface area contributed by atoms with Gasteiger partial charge in [0.25, 0.3) is 11.1 Å². The second kappa shape index (κ2) is 17.1. The Labute approximate surface area is 325 Å². The molecule has 8 rings (SSSR count). The molecule has 4 heterocycles. The van der Waals surface area contributed by atoms with Gasteiger partial charge >= 0.3 is 0 Å². The van der Waals surface area contributed by atoms with E-state index in [1.165, 1.54) is 12.8 Å². The summed E-state index contributed by atoms with van der Waals surface area (Å²) in [6, 6.07) is 3.85. The fraction of sp³-hybridized carbons (Fsp3) is 0.579. The minimum Gasteiger partial charge on any atom is -0.303 e. The molecule has 0 aliphatic heterocycles. The van der Waals surface area contributed by atoms with Crippen molar-refractivity contribution in [2.75, 3.05) is 5.43 Å². The lowest BCUT2D eigenvalue weighted by Gasteiger charge is -2.16. The lowest BCUT2D eigenvalue weighted by molar-refractivity contribution is -0.127. The van der Waals surface area contributed by atoms with E-state index in [4.69, 9.17) is 17.4 Å². The Morgan fingerprint density at radius 1 is 0.796 bits per heavy atom. The maximum Gasteiger partial charge on any atom is 0.295 e.